The van der Waals surface area contributed by atoms with Gasteiger partial charge < -0.3 is 0 Å². The van der Waals surface area contributed by atoms with Crippen molar-refractivity contribution in [1.29, 1.82) is 0 Å². The van der Waals surface area contributed by atoms with Gasteiger partial charge in [-0.05, 0) is 17.8 Å². The first-order chi connectivity index (χ1) is 21.4. The Morgan fingerprint density at radius 2 is 1.02 bits per heavy atom. The van der Waals surface area contributed by atoms with E-state index in [1.165, 1.54) is 87.6 Å². The summed E-state index contributed by atoms with van der Waals surface area (Å²) in [6, 6.07) is 50.1. The number of hydrogen-bond donors (Lipinski definition) is 0. The van der Waals surface area contributed by atoms with Crippen molar-refractivity contribution in [3.05, 3.63) is 167 Å². The number of benzene rings is 5. The summed E-state index contributed by atoms with van der Waals surface area (Å²) < 4.78 is 1.42. The van der Waals surface area contributed by atoms with Gasteiger partial charge in [-0.2, -0.15) is 12.1 Å². The zero-order valence-corrected chi connectivity index (χ0v) is 30.2. The molecule has 224 valence electrons. The van der Waals surface area contributed by atoms with Gasteiger partial charge in [0.25, 0.3) is 0 Å². The van der Waals surface area contributed by atoms with Gasteiger partial charge in [0, 0.05) is 0 Å². The van der Waals surface area contributed by atoms with E-state index in [1.807, 2.05) is 0 Å². The molecule has 0 saturated carbocycles. The van der Waals surface area contributed by atoms with E-state index in [4.69, 9.17) is 0 Å². The molecule has 0 amide bonds. The minimum atomic E-state index is 0.203. The fourth-order valence-corrected chi connectivity index (χ4v) is 6.40. The van der Waals surface area contributed by atoms with E-state index in [1.54, 1.807) is 0 Å². The summed E-state index contributed by atoms with van der Waals surface area (Å²) in [6.45, 7) is 15.8. The van der Waals surface area contributed by atoms with Gasteiger partial charge in [0.05, 0.1) is 0 Å². The normalized spacial score (nSPS) is 11.6. The Balaban J connectivity index is 0.000000143. The Morgan fingerprint density at radius 1 is 0.533 bits per heavy atom. The fraction of sp³-hybridized carbons (Fsp3) is 0.205. The van der Waals surface area contributed by atoms with Crippen LogP contribution in [0.5, 0.6) is 0 Å². The molecular weight excluding hydrogens is 620 g/mol. The van der Waals surface area contributed by atoms with E-state index in [-0.39, 0.29) is 10.8 Å². The van der Waals surface area contributed by atoms with Crippen molar-refractivity contribution in [1.82, 2.24) is 0 Å². The van der Waals surface area contributed by atoms with Crippen LogP contribution in [-0.4, -0.2) is 3.21 Å². The maximum absolute atomic E-state index is 2.35. The molecule has 7 rings (SSSR count). The van der Waals surface area contributed by atoms with Crippen LogP contribution in [0.2, 0.25) is 0 Å². The van der Waals surface area contributed by atoms with Gasteiger partial charge in [-0.1, -0.05) is 88.6 Å². The monoisotopic (exact) mass is 662 g/mol. The van der Waals surface area contributed by atoms with Crippen molar-refractivity contribution in [3.8, 4) is 0 Å². The van der Waals surface area contributed by atoms with Gasteiger partial charge in [0.15, 0.2) is 0 Å². The average Bonchev–Trinajstić information content (AvgIpc) is 3.64. The van der Waals surface area contributed by atoms with Crippen LogP contribution in [-0.2, 0) is 35.1 Å². The molecule has 1 heteroatoms. The molecular formula is C44H44Zr. The molecule has 0 heterocycles. The van der Waals surface area contributed by atoms with E-state index in [0.717, 1.165) is 0 Å². The molecule has 45 heavy (non-hydrogen) atoms. The van der Waals surface area contributed by atoms with Crippen LogP contribution in [0.15, 0.2) is 140 Å². The summed E-state index contributed by atoms with van der Waals surface area (Å²) in [5.74, 6) is 0. The van der Waals surface area contributed by atoms with E-state index < -0.39 is 0 Å². The van der Waals surface area contributed by atoms with Crippen molar-refractivity contribution in [2.24, 2.45) is 0 Å². The predicted octanol–water partition coefficient (Wildman–Crippen LogP) is 12.0. The van der Waals surface area contributed by atoms with Crippen molar-refractivity contribution in [2.75, 3.05) is 0 Å². The van der Waals surface area contributed by atoms with E-state index in [0.29, 0.717) is 0 Å². The molecule has 0 saturated heterocycles. The predicted molar refractivity (Wildman–Crippen MR) is 195 cm³/mol. The summed E-state index contributed by atoms with van der Waals surface area (Å²) >= 11 is 1.46. The van der Waals surface area contributed by atoms with Gasteiger partial charge in [-0.15, -0.1) is 68.7 Å². The van der Waals surface area contributed by atoms with Gasteiger partial charge in [-0.3, -0.25) is 0 Å². The Hall–Kier alpha value is -3.67. The first kappa shape index (κ1) is 32.7. The molecule has 0 unspecified atom stereocenters. The van der Waals surface area contributed by atoms with E-state index >= 15 is 0 Å². The molecule has 0 radical (unpaired) electrons. The van der Waals surface area contributed by atoms with Gasteiger partial charge in [0.2, 0.25) is 0 Å². The molecule has 0 N–H and O–H groups in total. The quantitative estimate of drug-likeness (QED) is 0.162. The van der Waals surface area contributed by atoms with Gasteiger partial charge >= 0.3 is 99.2 Å². The number of fused-ring (bicyclic) bond motifs is 4. The van der Waals surface area contributed by atoms with Crippen LogP contribution in [0.25, 0.3) is 32.3 Å². The molecule has 0 aliphatic heterocycles. The standard InChI is InChI=1S/C21H25.C13H10.C10H9.Zr/c1-20(2,3)16-7-9-18-14(12-16)11-15-13-17(21(4,5)6)8-10-19(15)18;1-3-7-12(8-4-1)11-13-9-5-2-6-10-13;1-8-5-6-9-3-2-4-10(9)7-8;/h7-13H,1-6H3;1-10H;2-7H,1H3;/q-1;;-1;+2. The van der Waals surface area contributed by atoms with Gasteiger partial charge in [-0.25, -0.2) is 0 Å². The third kappa shape index (κ3) is 8.14. The third-order valence-electron chi connectivity index (χ3n) is 8.36. The first-order valence-corrected chi connectivity index (χ1v) is 17.1. The molecule has 0 spiro atoms. The molecule has 0 aliphatic carbocycles. The SMILES string of the molecule is CC(C)(C)c1ccc2c(c1)[cH-]c1cc(C(C)(C)C)ccc12.Cc1ccc2cc[cH-]c2c1.[Zr+2]=[C](c1ccccc1)c1ccccc1. The molecule has 0 fully saturated rings. The average molecular weight is 664 g/mol. The number of rotatable bonds is 2. The second kappa shape index (κ2) is 13.8. The summed E-state index contributed by atoms with van der Waals surface area (Å²) in [6.07, 6.45) is 0. The molecule has 7 aromatic carbocycles. The van der Waals surface area contributed by atoms with Crippen molar-refractivity contribution in [2.45, 2.75) is 59.3 Å². The number of hydrogen-bond acceptors (Lipinski definition) is 0. The Labute approximate surface area is 284 Å². The molecule has 0 aromatic heterocycles. The Kier molecular flexibility index (Phi) is 10.0. The number of aryl methyl sites for hydroxylation is 1. The second-order valence-corrected chi connectivity index (χ2v) is 15.2. The van der Waals surface area contributed by atoms with Crippen LogP contribution >= 0.6 is 0 Å². The minimum absolute atomic E-state index is 0.203. The molecule has 0 atom stereocenters. The molecule has 0 bridgehead atoms. The van der Waals surface area contributed by atoms with Crippen molar-refractivity contribution in [3.63, 3.8) is 0 Å². The maximum atomic E-state index is 2.35. The molecule has 7 aromatic rings. The van der Waals surface area contributed by atoms with Crippen LogP contribution in [0.4, 0.5) is 0 Å². The topological polar surface area (TPSA) is 0 Å². The van der Waals surface area contributed by atoms with Crippen LogP contribution in [0.1, 0.15) is 69.4 Å². The summed E-state index contributed by atoms with van der Waals surface area (Å²) in [7, 11) is 0. The van der Waals surface area contributed by atoms with Crippen molar-refractivity contribution >= 4 is 35.5 Å². The van der Waals surface area contributed by atoms with E-state index in [9.17, 15) is 0 Å². The zero-order valence-electron chi connectivity index (χ0n) is 27.8. The molecule has 0 nitrogen and oxygen atoms in total. The van der Waals surface area contributed by atoms with E-state index in [2.05, 4.69) is 188 Å². The first-order valence-electron chi connectivity index (χ1n) is 15.9. The van der Waals surface area contributed by atoms with Crippen LogP contribution in [0.3, 0.4) is 0 Å². The van der Waals surface area contributed by atoms with Crippen molar-refractivity contribution < 1.29 is 24.2 Å². The fourth-order valence-electron chi connectivity index (χ4n) is 5.58. The second-order valence-electron chi connectivity index (χ2n) is 14.0. The summed E-state index contributed by atoms with van der Waals surface area (Å²) in [5.41, 5.74) is 7.21. The van der Waals surface area contributed by atoms with Gasteiger partial charge in [0.1, 0.15) is 0 Å². The van der Waals surface area contributed by atoms with Crippen LogP contribution < -0.4 is 0 Å². The Morgan fingerprint density at radius 3 is 1.49 bits per heavy atom. The zero-order chi connectivity index (χ0) is 32.2. The third-order valence-corrected chi connectivity index (χ3v) is 9.77. The molecule has 0 aliphatic rings. The Bertz CT molecular complexity index is 1910. The summed E-state index contributed by atoms with van der Waals surface area (Å²) in [4.78, 5) is 0. The summed E-state index contributed by atoms with van der Waals surface area (Å²) in [5, 5.41) is 8.16. The van der Waals surface area contributed by atoms with Crippen LogP contribution in [0, 0.1) is 6.92 Å².